The lowest BCUT2D eigenvalue weighted by Gasteiger charge is -2.29. The Morgan fingerprint density at radius 1 is 1.16 bits per heavy atom. The van der Waals surface area contributed by atoms with Crippen LogP contribution in [0.25, 0.3) is 16.6 Å². The summed E-state index contributed by atoms with van der Waals surface area (Å²) < 4.78 is 48.0. The van der Waals surface area contributed by atoms with Gasteiger partial charge in [-0.25, -0.2) is 15.8 Å². The van der Waals surface area contributed by atoms with Gasteiger partial charge in [0, 0.05) is 41.5 Å². The molecular weight excluding hydrogens is 499 g/mol. The second kappa shape index (κ2) is 9.99. The van der Waals surface area contributed by atoms with Crippen LogP contribution in [0.1, 0.15) is 35.3 Å². The molecule has 13 heteroatoms. The van der Waals surface area contributed by atoms with E-state index in [0.29, 0.717) is 60.2 Å². The van der Waals surface area contributed by atoms with E-state index in [0.717, 1.165) is 17.3 Å². The fourth-order valence-electron chi connectivity index (χ4n) is 4.74. The number of para-hydroxylation sites is 1. The van der Waals surface area contributed by atoms with E-state index < -0.39 is 11.9 Å². The first kappa shape index (κ1) is 25.5. The first-order valence-corrected chi connectivity index (χ1v) is 12.0. The van der Waals surface area contributed by atoms with Gasteiger partial charge in [-0.2, -0.15) is 18.3 Å². The third kappa shape index (κ3) is 4.65. The molecule has 1 aliphatic heterocycles. The number of anilines is 2. The Labute approximate surface area is 216 Å². The van der Waals surface area contributed by atoms with Crippen molar-refractivity contribution in [3.63, 3.8) is 0 Å². The molecule has 0 aliphatic carbocycles. The van der Waals surface area contributed by atoms with Gasteiger partial charge in [0.2, 0.25) is 5.95 Å². The topological polar surface area (TPSA) is 131 Å². The van der Waals surface area contributed by atoms with Crippen LogP contribution in [0.2, 0.25) is 0 Å². The highest BCUT2D eigenvalue weighted by molar-refractivity contribution is 6.03. The van der Waals surface area contributed by atoms with E-state index in [9.17, 15) is 13.2 Å². The van der Waals surface area contributed by atoms with Crippen LogP contribution in [0.4, 0.5) is 24.8 Å². The average Bonchev–Trinajstić information content (AvgIpc) is 3.37. The van der Waals surface area contributed by atoms with Gasteiger partial charge in [-0.3, -0.25) is 4.40 Å². The summed E-state index contributed by atoms with van der Waals surface area (Å²) in [5.41, 5.74) is 5.33. The van der Waals surface area contributed by atoms with E-state index in [1.54, 1.807) is 0 Å². The van der Waals surface area contributed by atoms with Crippen LogP contribution in [0.5, 0.6) is 0 Å². The summed E-state index contributed by atoms with van der Waals surface area (Å²) in [5.74, 6) is 11.8. The van der Waals surface area contributed by atoms with Crippen molar-refractivity contribution < 1.29 is 17.9 Å². The number of benzene rings is 2. The van der Waals surface area contributed by atoms with Crippen molar-refractivity contribution in [2.45, 2.75) is 26.1 Å². The summed E-state index contributed by atoms with van der Waals surface area (Å²) in [4.78, 5) is 10.9. The van der Waals surface area contributed by atoms with Gasteiger partial charge in [-0.05, 0) is 37.6 Å². The Bertz CT molecular complexity index is 1510. The molecule has 200 valence electrons. The van der Waals surface area contributed by atoms with Gasteiger partial charge in [0.05, 0.1) is 24.8 Å². The van der Waals surface area contributed by atoms with Crippen LogP contribution in [0, 0.1) is 6.92 Å². The lowest BCUT2D eigenvalue weighted by Crippen LogP contribution is -2.38. The Balaban J connectivity index is 1.69. The first-order valence-electron chi connectivity index (χ1n) is 12.0. The summed E-state index contributed by atoms with van der Waals surface area (Å²) in [6, 6.07) is 10.9. The number of hydrogen-bond acceptors (Lipinski definition) is 8. The largest absolute Gasteiger partial charge is 0.434 e. The zero-order chi connectivity index (χ0) is 27.0. The monoisotopic (exact) mass is 527 g/mol. The fourth-order valence-corrected chi connectivity index (χ4v) is 4.74. The molecule has 2 aromatic heterocycles. The predicted molar refractivity (Wildman–Crippen MR) is 140 cm³/mol. The minimum atomic E-state index is -4.59. The van der Waals surface area contributed by atoms with E-state index >= 15 is 0 Å². The van der Waals surface area contributed by atoms with Crippen molar-refractivity contribution >= 4 is 34.0 Å². The van der Waals surface area contributed by atoms with Gasteiger partial charge in [0.1, 0.15) is 5.65 Å². The molecule has 10 nitrogen and oxygen atoms in total. The van der Waals surface area contributed by atoms with Crippen molar-refractivity contribution in [3.05, 3.63) is 65.0 Å². The summed E-state index contributed by atoms with van der Waals surface area (Å²) in [5, 5.41) is 7.70. The van der Waals surface area contributed by atoms with Gasteiger partial charge in [-0.15, -0.1) is 0 Å². The average molecular weight is 528 g/mol. The maximum atomic E-state index is 13.7. The van der Waals surface area contributed by atoms with Crippen LogP contribution in [-0.4, -0.2) is 46.5 Å². The lowest BCUT2D eigenvalue weighted by molar-refractivity contribution is -0.140. The first-order chi connectivity index (χ1) is 18.2. The third-order valence-corrected chi connectivity index (χ3v) is 6.53. The molecule has 1 fully saturated rings. The van der Waals surface area contributed by atoms with Crippen LogP contribution in [-0.2, 0) is 10.9 Å². The van der Waals surface area contributed by atoms with E-state index in [1.165, 1.54) is 4.40 Å². The number of hydrazine groups is 1. The number of imidazole rings is 1. The molecular formula is C25H28F3N9O. The molecule has 4 aromatic rings. The number of alkyl halides is 3. The van der Waals surface area contributed by atoms with E-state index in [2.05, 4.69) is 20.8 Å². The molecule has 6 N–H and O–H groups in total. The van der Waals surface area contributed by atoms with Crippen molar-refractivity contribution in [2.24, 2.45) is 16.8 Å². The minimum Gasteiger partial charge on any atom is -0.378 e. The fraction of sp³-hybridized carbons (Fsp3) is 0.320. The molecule has 0 radical (unpaired) electrons. The van der Waals surface area contributed by atoms with E-state index in [1.807, 2.05) is 55.1 Å². The highest BCUT2D eigenvalue weighted by Gasteiger charge is 2.35. The maximum Gasteiger partial charge on any atom is 0.434 e. The highest BCUT2D eigenvalue weighted by atomic mass is 19.4. The van der Waals surface area contributed by atoms with Gasteiger partial charge < -0.3 is 26.2 Å². The predicted octanol–water partition coefficient (Wildman–Crippen LogP) is 3.30. The number of hydrogen-bond donors (Lipinski definition) is 4. The number of nitrogens with two attached hydrogens (primary N) is 2. The van der Waals surface area contributed by atoms with Crippen molar-refractivity contribution in [2.75, 3.05) is 36.5 Å². The smallest absolute Gasteiger partial charge is 0.378 e. The van der Waals surface area contributed by atoms with Crippen molar-refractivity contribution in [1.29, 1.82) is 0 Å². The molecule has 0 amide bonds. The van der Waals surface area contributed by atoms with Crippen molar-refractivity contribution in [3.8, 4) is 0 Å². The number of nitrogens with zero attached hydrogens (tertiary/aromatic N) is 5. The lowest BCUT2D eigenvalue weighted by atomic mass is 10.0. The number of halogens is 3. The number of aromatic nitrogens is 3. The maximum absolute atomic E-state index is 13.7. The van der Waals surface area contributed by atoms with Gasteiger partial charge in [0.15, 0.2) is 11.5 Å². The Morgan fingerprint density at radius 2 is 1.89 bits per heavy atom. The van der Waals surface area contributed by atoms with Gasteiger partial charge >= 0.3 is 6.18 Å². The number of hydrazone groups is 1. The molecule has 1 unspecified atom stereocenters. The van der Waals surface area contributed by atoms with Crippen molar-refractivity contribution in [1.82, 2.24) is 19.8 Å². The number of fused-ring (bicyclic) bond motifs is 3. The van der Waals surface area contributed by atoms with Gasteiger partial charge in [0.25, 0.3) is 0 Å². The quantitative estimate of drug-likeness (QED) is 0.135. The zero-order valence-electron chi connectivity index (χ0n) is 20.9. The Morgan fingerprint density at radius 3 is 2.58 bits per heavy atom. The third-order valence-electron chi connectivity index (χ3n) is 6.53. The van der Waals surface area contributed by atoms with Crippen LogP contribution >= 0.6 is 0 Å². The number of aryl methyl sites for hydroxylation is 1. The molecule has 1 atom stereocenters. The van der Waals surface area contributed by atoms with Gasteiger partial charge in [-0.1, -0.05) is 18.2 Å². The normalized spacial score (nSPS) is 15.7. The summed E-state index contributed by atoms with van der Waals surface area (Å²) in [7, 11) is 0. The molecule has 38 heavy (non-hydrogen) atoms. The molecule has 1 aliphatic rings. The number of amidine groups is 1. The molecule has 3 heterocycles. The molecule has 0 saturated carbocycles. The molecule has 5 rings (SSSR count). The Hall–Kier alpha value is -4.10. The van der Waals surface area contributed by atoms with Crippen LogP contribution < -0.4 is 27.3 Å². The SMILES string of the molecule is Cc1cc(C(C)Nc2ccccc2/C(=N/N)NN)c2nc(N3CCOCC3)n3cc(C(F)(F)F)nc3c2c1. The molecule has 2 aromatic carbocycles. The minimum absolute atomic E-state index is 0.200. The summed E-state index contributed by atoms with van der Waals surface area (Å²) >= 11 is 0. The molecule has 1 saturated heterocycles. The van der Waals surface area contributed by atoms with Crippen LogP contribution in [0.3, 0.4) is 0 Å². The second-order valence-corrected chi connectivity index (χ2v) is 9.11. The number of nitrogens with one attached hydrogen (secondary N) is 2. The zero-order valence-corrected chi connectivity index (χ0v) is 20.9. The highest BCUT2D eigenvalue weighted by Crippen LogP contribution is 2.35. The standard InChI is InChI=1S/C25H28F3N9O/c1-14-11-17(15(2)31-19-6-4-3-5-16(19)22(34-29)35-30)21-18(12-14)23-32-20(25(26,27)28)13-37(23)24(33-21)36-7-9-38-10-8-36/h3-6,11-13,15,31H,7-10,29-30H2,1-2H3,(H,34,35). The summed E-state index contributed by atoms with van der Waals surface area (Å²) in [6.07, 6.45) is -3.58. The number of rotatable bonds is 5. The summed E-state index contributed by atoms with van der Waals surface area (Å²) in [6.45, 7) is 5.76. The Kier molecular flexibility index (Phi) is 6.71. The molecule has 0 spiro atoms. The molecule has 0 bridgehead atoms. The van der Waals surface area contributed by atoms with E-state index in [4.69, 9.17) is 21.4 Å². The van der Waals surface area contributed by atoms with E-state index in [-0.39, 0.29) is 11.7 Å². The van der Waals surface area contributed by atoms with Crippen LogP contribution in [0.15, 0.2) is 47.7 Å². The second-order valence-electron chi connectivity index (χ2n) is 9.11. The number of ether oxygens (including phenoxy) is 1. The number of morpholine rings is 1.